The zero-order valence-electron chi connectivity index (χ0n) is 8.39. The van der Waals surface area contributed by atoms with Gasteiger partial charge >= 0.3 is 0 Å². The average molecular weight is 175 g/mol. The van der Waals surface area contributed by atoms with Crippen molar-refractivity contribution in [3.05, 3.63) is 6.92 Å². The first kappa shape index (κ1) is 17.4. The largest absolute Gasteiger partial charge is 0.397 e. The maximum Gasteiger partial charge on any atom is 0.137 e. The van der Waals surface area contributed by atoms with Gasteiger partial charge in [-0.2, -0.15) is 0 Å². The van der Waals surface area contributed by atoms with Gasteiger partial charge in [0.25, 0.3) is 0 Å². The van der Waals surface area contributed by atoms with Crippen molar-refractivity contribution in [2.24, 2.45) is 0 Å². The maximum absolute atomic E-state index is 10.0. The van der Waals surface area contributed by atoms with Crippen LogP contribution in [0.4, 0.5) is 0 Å². The second-order valence-electron chi connectivity index (χ2n) is 1.90. The number of carbonyl (C=O) groups excluding carboxylic acids is 2. The fourth-order valence-electron chi connectivity index (χ4n) is 0.351. The summed E-state index contributed by atoms with van der Waals surface area (Å²) in [5, 5.41) is 7.57. The van der Waals surface area contributed by atoms with Crippen molar-refractivity contribution in [1.29, 1.82) is 0 Å². The van der Waals surface area contributed by atoms with E-state index >= 15 is 0 Å². The summed E-state index contributed by atoms with van der Waals surface area (Å²) in [5.74, 6) is -0.125. The summed E-state index contributed by atoms with van der Waals surface area (Å²) in [5.41, 5.74) is 0. The molecule has 0 spiro atoms. The minimum Gasteiger partial charge on any atom is -0.397 e. The SMILES string of the molecule is CC(=O)CC(C)=O.CCO.[CH2]C. The normalized spacial score (nSPS) is 6.83. The Balaban J connectivity index is -0.000000137. The van der Waals surface area contributed by atoms with Crippen LogP contribution in [0.15, 0.2) is 0 Å². The molecule has 0 aromatic heterocycles. The first-order valence-corrected chi connectivity index (χ1v) is 3.85. The molecule has 0 saturated carbocycles. The number of rotatable bonds is 2. The smallest absolute Gasteiger partial charge is 0.137 e. The maximum atomic E-state index is 10.0. The van der Waals surface area contributed by atoms with E-state index in [1.165, 1.54) is 13.8 Å². The first-order valence-electron chi connectivity index (χ1n) is 3.85. The number of carbonyl (C=O) groups is 2. The van der Waals surface area contributed by atoms with Crippen molar-refractivity contribution in [1.82, 2.24) is 0 Å². The summed E-state index contributed by atoms with van der Waals surface area (Å²) in [7, 11) is 0. The van der Waals surface area contributed by atoms with Crippen LogP contribution in [0.2, 0.25) is 0 Å². The van der Waals surface area contributed by atoms with Crippen LogP contribution in [-0.2, 0) is 9.59 Å². The molecule has 0 rings (SSSR count). The molecule has 0 atom stereocenters. The summed E-state index contributed by atoms with van der Waals surface area (Å²) >= 11 is 0. The van der Waals surface area contributed by atoms with Crippen LogP contribution in [0, 0.1) is 6.92 Å². The molecule has 0 aromatic rings. The van der Waals surface area contributed by atoms with E-state index in [1.54, 1.807) is 13.8 Å². The fraction of sp³-hybridized carbons (Fsp3) is 0.667. The van der Waals surface area contributed by atoms with Crippen LogP contribution in [0.25, 0.3) is 0 Å². The highest BCUT2D eigenvalue weighted by atomic mass is 16.2. The quantitative estimate of drug-likeness (QED) is 0.645. The monoisotopic (exact) mass is 175 g/mol. The lowest BCUT2D eigenvalue weighted by Gasteiger charge is -1.81. The van der Waals surface area contributed by atoms with Gasteiger partial charge in [-0.15, -0.1) is 0 Å². The zero-order valence-corrected chi connectivity index (χ0v) is 8.39. The van der Waals surface area contributed by atoms with Gasteiger partial charge in [0.15, 0.2) is 0 Å². The summed E-state index contributed by atoms with van der Waals surface area (Å²) < 4.78 is 0. The number of aliphatic hydroxyl groups excluding tert-OH is 1. The Bertz CT molecular complexity index is 96.3. The minimum absolute atomic E-state index is 0.0625. The standard InChI is InChI=1S/C5H8O2.C2H6O.C2H5/c1-4(6)3-5(2)7;1-2-3;1-2/h3H2,1-2H3;3H,2H2,1H3;1H2,2H3. The topological polar surface area (TPSA) is 54.4 Å². The van der Waals surface area contributed by atoms with Crippen molar-refractivity contribution in [2.45, 2.75) is 34.1 Å². The lowest BCUT2D eigenvalue weighted by molar-refractivity contribution is -0.124. The van der Waals surface area contributed by atoms with Gasteiger partial charge < -0.3 is 5.11 Å². The fourth-order valence-corrected chi connectivity index (χ4v) is 0.351. The molecule has 0 aliphatic carbocycles. The molecule has 0 aliphatic heterocycles. The van der Waals surface area contributed by atoms with Crippen molar-refractivity contribution < 1.29 is 14.7 Å². The molecule has 12 heavy (non-hydrogen) atoms. The molecule has 0 aliphatic rings. The van der Waals surface area contributed by atoms with E-state index in [0.29, 0.717) is 0 Å². The highest BCUT2D eigenvalue weighted by Gasteiger charge is 1.94. The molecule has 0 saturated heterocycles. The number of ketones is 2. The lowest BCUT2D eigenvalue weighted by Crippen LogP contribution is -1.97. The van der Waals surface area contributed by atoms with Crippen molar-refractivity contribution in [2.75, 3.05) is 6.61 Å². The predicted molar refractivity (Wildman–Crippen MR) is 49.8 cm³/mol. The molecule has 0 bridgehead atoms. The zero-order chi connectivity index (χ0) is 10.6. The van der Waals surface area contributed by atoms with Crippen LogP contribution >= 0.6 is 0 Å². The molecule has 0 aromatic carbocycles. The lowest BCUT2D eigenvalue weighted by atomic mass is 10.2. The van der Waals surface area contributed by atoms with E-state index in [1.807, 2.05) is 0 Å². The van der Waals surface area contributed by atoms with E-state index in [2.05, 4.69) is 6.92 Å². The minimum atomic E-state index is -0.0625. The summed E-state index contributed by atoms with van der Waals surface area (Å²) in [6.07, 6.45) is 0.0833. The average Bonchev–Trinajstić information content (AvgIpc) is 1.90. The number of aliphatic hydroxyl groups is 1. The van der Waals surface area contributed by atoms with Crippen molar-refractivity contribution in [3.63, 3.8) is 0 Å². The molecular weight excluding hydrogens is 156 g/mol. The number of Topliss-reactive ketones (excluding diaryl/α,β-unsaturated/α-hetero) is 2. The highest BCUT2D eigenvalue weighted by molar-refractivity contribution is 5.96. The molecule has 3 nitrogen and oxygen atoms in total. The molecule has 1 N–H and O–H groups in total. The molecular formula is C9H19O3. The van der Waals surface area contributed by atoms with E-state index in [4.69, 9.17) is 5.11 Å². The summed E-state index contributed by atoms with van der Waals surface area (Å²) in [6.45, 7) is 9.74. The van der Waals surface area contributed by atoms with Crippen LogP contribution in [-0.4, -0.2) is 23.3 Å². The van der Waals surface area contributed by atoms with E-state index in [-0.39, 0.29) is 24.6 Å². The van der Waals surface area contributed by atoms with Gasteiger partial charge in [-0.05, 0) is 20.8 Å². The molecule has 0 heterocycles. The molecule has 0 unspecified atom stereocenters. The molecule has 73 valence electrons. The second-order valence-corrected chi connectivity index (χ2v) is 1.90. The van der Waals surface area contributed by atoms with Gasteiger partial charge in [-0.25, -0.2) is 0 Å². The van der Waals surface area contributed by atoms with Crippen molar-refractivity contribution >= 4 is 11.6 Å². The first-order chi connectivity index (χ1) is 5.54. The Hall–Kier alpha value is -0.700. The number of hydrogen-bond acceptors (Lipinski definition) is 3. The van der Waals surface area contributed by atoms with E-state index in [0.717, 1.165) is 0 Å². The van der Waals surface area contributed by atoms with E-state index < -0.39 is 0 Å². The van der Waals surface area contributed by atoms with Crippen LogP contribution in [0.5, 0.6) is 0 Å². The van der Waals surface area contributed by atoms with Gasteiger partial charge in [0.05, 0.1) is 6.42 Å². The third-order valence-electron chi connectivity index (χ3n) is 0.498. The summed E-state index contributed by atoms with van der Waals surface area (Å²) in [4.78, 5) is 20.1. The van der Waals surface area contributed by atoms with Crippen LogP contribution in [0.3, 0.4) is 0 Å². The molecule has 0 amide bonds. The van der Waals surface area contributed by atoms with Gasteiger partial charge in [-0.1, -0.05) is 13.8 Å². The van der Waals surface area contributed by atoms with Gasteiger partial charge in [-0.3, -0.25) is 9.59 Å². The Morgan fingerprint density at radius 1 is 1.17 bits per heavy atom. The Morgan fingerprint density at radius 2 is 1.33 bits per heavy atom. The Labute approximate surface area is 74.8 Å². The van der Waals surface area contributed by atoms with Crippen LogP contribution < -0.4 is 0 Å². The second kappa shape index (κ2) is 16.7. The van der Waals surface area contributed by atoms with Gasteiger partial charge in [0.2, 0.25) is 0 Å². The van der Waals surface area contributed by atoms with Crippen molar-refractivity contribution in [3.8, 4) is 0 Å². The molecule has 1 radical (unpaired) electrons. The Kier molecular flexibility index (Phi) is 24.2. The van der Waals surface area contributed by atoms with E-state index in [9.17, 15) is 9.59 Å². The Morgan fingerprint density at radius 3 is 1.33 bits per heavy atom. The van der Waals surface area contributed by atoms with Gasteiger partial charge in [0, 0.05) is 6.61 Å². The molecule has 0 fully saturated rings. The van der Waals surface area contributed by atoms with Gasteiger partial charge in [0.1, 0.15) is 11.6 Å². The highest BCUT2D eigenvalue weighted by Crippen LogP contribution is 1.80. The number of hydrogen-bond donors (Lipinski definition) is 1. The van der Waals surface area contributed by atoms with Crippen LogP contribution in [0.1, 0.15) is 34.1 Å². The predicted octanol–water partition coefficient (Wildman–Crippen LogP) is 1.39. The third-order valence-corrected chi connectivity index (χ3v) is 0.498. The molecule has 3 heteroatoms. The summed E-state index contributed by atoms with van der Waals surface area (Å²) in [6, 6.07) is 0. The third kappa shape index (κ3) is 58.8.